The normalized spacial score (nSPS) is 10.9. The first-order valence-corrected chi connectivity index (χ1v) is 8.25. The molecule has 0 radical (unpaired) electrons. The Balaban J connectivity index is 1.74. The largest absolute Gasteiger partial charge is 0.392 e. The molecule has 0 saturated carbocycles. The molecule has 23 heavy (non-hydrogen) atoms. The fourth-order valence-corrected chi connectivity index (χ4v) is 3.06. The van der Waals surface area contributed by atoms with Crippen molar-refractivity contribution in [2.75, 3.05) is 5.84 Å². The van der Waals surface area contributed by atoms with Crippen molar-refractivity contribution in [2.45, 2.75) is 24.4 Å². The molecule has 1 heterocycles. The summed E-state index contributed by atoms with van der Waals surface area (Å²) < 4.78 is 1.53. The van der Waals surface area contributed by atoms with E-state index < -0.39 is 0 Å². The van der Waals surface area contributed by atoms with Crippen LogP contribution < -0.4 is 5.84 Å². The van der Waals surface area contributed by atoms with Gasteiger partial charge in [0.1, 0.15) is 0 Å². The number of aliphatic hydroxyl groups is 1. The number of nitrogens with two attached hydrogens (primary N) is 1. The first kappa shape index (κ1) is 15.6. The fraction of sp³-hybridized carbons (Fsp3) is 0.176. The van der Waals surface area contributed by atoms with Crippen LogP contribution in [0.2, 0.25) is 0 Å². The highest BCUT2D eigenvalue weighted by Gasteiger charge is 2.12. The molecular weight excluding hydrogens is 308 g/mol. The van der Waals surface area contributed by atoms with Crippen LogP contribution in [0.5, 0.6) is 0 Å². The Labute approximate surface area is 139 Å². The topological polar surface area (TPSA) is 77.0 Å². The van der Waals surface area contributed by atoms with Crippen LogP contribution in [0.15, 0.2) is 53.7 Å². The molecule has 0 amide bonds. The number of hydrogen-bond donors (Lipinski definition) is 2. The molecule has 6 heteroatoms. The van der Waals surface area contributed by atoms with Crippen molar-refractivity contribution in [1.29, 1.82) is 0 Å². The number of rotatable bonds is 5. The van der Waals surface area contributed by atoms with Gasteiger partial charge in [-0.3, -0.25) is 0 Å². The van der Waals surface area contributed by atoms with Crippen molar-refractivity contribution in [3.63, 3.8) is 0 Å². The van der Waals surface area contributed by atoms with Crippen molar-refractivity contribution in [3.8, 4) is 11.4 Å². The molecule has 3 aromatic rings. The standard InChI is InChI=1S/C17H18N4OS/c1-12-3-2-4-15(9-12)16-19-20-17(21(16)18)23-11-14-7-5-13(10-22)6-8-14/h2-9,22H,10-11,18H2,1H3. The van der Waals surface area contributed by atoms with E-state index in [1.54, 1.807) is 0 Å². The minimum absolute atomic E-state index is 0.0599. The maximum atomic E-state index is 9.06. The van der Waals surface area contributed by atoms with Gasteiger partial charge in [0.15, 0.2) is 5.82 Å². The smallest absolute Gasteiger partial charge is 0.210 e. The van der Waals surface area contributed by atoms with Gasteiger partial charge in [0.25, 0.3) is 0 Å². The Kier molecular flexibility index (Phi) is 4.64. The zero-order valence-corrected chi connectivity index (χ0v) is 13.6. The summed E-state index contributed by atoms with van der Waals surface area (Å²) in [6.07, 6.45) is 0. The zero-order valence-electron chi connectivity index (χ0n) is 12.8. The van der Waals surface area contributed by atoms with Crippen LogP contribution in [-0.4, -0.2) is 20.0 Å². The van der Waals surface area contributed by atoms with Crippen molar-refractivity contribution in [2.24, 2.45) is 0 Å². The Morgan fingerprint density at radius 2 is 1.83 bits per heavy atom. The second-order valence-corrected chi connectivity index (χ2v) is 6.25. The van der Waals surface area contributed by atoms with Crippen LogP contribution in [0.1, 0.15) is 16.7 Å². The summed E-state index contributed by atoms with van der Waals surface area (Å²) in [5.41, 5.74) is 4.16. The molecule has 0 aliphatic heterocycles. The summed E-state index contributed by atoms with van der Waals surface area (Å²) in [6.45, 7) is 2.09. The summed E-state index contributed by atoms with van der Waals surface area (Å²) in [5, 5.41) is 18.1. The van der Waals surface area contributed by atoms with Crippen LogP contribution in [0, 0.1) is 6.92 Å². The van der Waals surface area contributed by atoms with Crippen LogP contribution in [0.3, 0.4) is 0 Å². The predicted molar refractivity (Wildman–Crippen MR) is 92.3 cm³/mol. The molecule has 0 aliphatic carbocycles. The van der Waals surface area contributed by atoms with Crippen molar-refractivity contribution >= 4 is 11.8 Å². The fourth-order valence-electron chi connectivity index (χ4n) is 2.25. The second-order valence-electron chi connectivity index (χ2n) is 5.31. The number of aryl methyl sites for hydroxylation is 1. The van der Waals surface area contributed by atoms with Crippen LogP contribution in [-0.2, 0) is 12.4 Å². The van der Waals surface area contributed by atoms with Gasteiger partial charge in [-0.2, -0.15) is 0 Å². The summed E-state index contributed by atoms with van der Waals surface area (Å²) in [6, 6.07) is 15.9. The third-order valence-corrected chi connectivity index (χ3v) is 4.53. The third kappa shape index (κ3) is 3.55. The van der Waals surface area contributed by atoms with E-state index in [-0.39, 0.29) is 6.61 Å². The molecule has 3 rings (SSSR count). The maximum absolute atomic E-state index is 9.06. The van der Waals surface area contributed by atoms with Crippen molar-refractivity contribution < 1.29 is 5.11 Å². The van der Waals surface area contributed by atoms with E-state index in [4.69, 9.17) is 10.9 Å². The van der Waals surface area contributed by atoms with Gasteiger partial charge >= 0.3 is 0 Å². The highest BCUT2D eigenvalue weighted by Crippen LogP contribution is 2.24. The van der Waals surface area contributed by atoms with Gasteiger partial charge in [0.05, 0.1) is 6.61 Å². The number of thioether (sulfide) groups is 1. The molecule has 2 aromatic carbocycles. The van der Waals surface area contributed by atoms with Gasteiger partial charge in [-0.15, -0.1) is 10.2 Å². The Morgan fingerprint density at radius 3 is 2.52 bits per heavy atom. The number of aromatic nitrogens is 3. The van der Waals surface area contributed by atoms with E-state index in [9.17, 15) is 0 Å². The lowest BCUT2D eigenvalue weighted by Crippen LogP contribution is -2.11. The molecule has 0 bridgehead atoms. The third-order valence-electron chi connectivity index (χ3n) is 3.51. The number of aliphatic hydroxyl groups excluding tert-OH is 1. The van der Waals surface area contributed by atoms with Crippen molar-refractivity contribution in [3.05, 3.63) is 65.2 Å². The first-order valence-electron chi connectivity index (χ1n) is 7.26. The average Bonchev–Trinajstić information content (AvgIpc) is 2.94. The molecule has 3 N–H and O–H groups in total. The highest BCUT2D eigenvalue weighted by atomic mass is 32.2. The number of nitrogen functional groups attached to an aromatic ring is 1. The summed E-state index contributed by atoms with van der Waals surface area (Å²) >= 11 is 1.54. The first-order chi connectivity index (χ1) is 11.2. The number of benzene rings is 2. The number of nitrogens with zero attached hydrogens (tertiary/aromatic N) is 3. The Morgan fingerprint density at radius 1 is 1.09 bits per heavy atom. The molecule has 5 nitrogen and oxygen atoms in total. The highest BCUT2D eigenvalue weighted by molar-refractivity contribution is 7.98. The minimum atomic E-state index is 0.0599. The summed E-state index contributed by atoms with van der Waals surface area (Å²) in [4.78, 5) is 0. The lowest BCUT2D eigenvalue weighted by atomic mass is 10.1. The van der Waals surface area contributed by atoms with Crippen LogP contribution in [0.4, 0.5) is 0 Å². The SMILES string of the molecule is Cc1cccc(-c2nnc(SCc3ccc(CO)cc3)n2N)c1. The van der Waals surface area contributed by atoms with Gasteiger partial charge in [0, 0.05) is 11.3 Å². The zero-order chi connectivity index (χ0) is 16.2. The second kappa shape index (κ2) is 6.85. The van der Waals surface area contributed by atoms with Gasteiger partial charge < -0.3 is 10.9 Å². The van der Waals surface area contributed by atoms with Gasteiger partial charge in [-0.25, -0.2) is 4.68 Å². The van der Waals surface area contributed by atoms with Gasteiger partial charge in [-0.05, 0) is 24.1 Å². The molecule has 0 unspecified atom stereocenters. The summed E-state index contributed by atoms with van der Waals surface area (Å²) in [7, 11) is 0. The van der Waals surface area contributed by atoms with Crippen LogP contribution >= 0.6 is 11.8 Å². The van der Waals surface area contributed by atoms with E-state index in [2.05, 4.69) is 10.2 Å². The van der Waals surface area contributed by atoms with E-state index in [1.807, 2.05) is 55.5 Å². The van der Waals surface area contributed by atoms with E-state index in [0.717, 1.165) is 28.0 Å². The Bertz CT molecular complexity index is 799. The van der Waals surface area contributed by atoms with E-state index in [1.165, 1.54) is 16.4 Å². The molecule has 0 spiro atoms. The van der Waals surface area contributed by atoms with E-state index >= 15 is 0 Å². The minimum Gasteiger partial charge on any atom is -0.392 e. The molecule has 0 fully saturated rings. The van der Waals surface area contributed by atoms with Gasteiger partial charge in [-0.1, -0.05) is 59.8 Å². The van der Waals surface area contributed by atoms with E-state index in [0.29, 0.717) is 11.0 Å². The summed E-state index contributed by atoms with van der Waals surface area (Å²) in [5.74, 6) is 7.54. The molecule has 1 aromatic heterocycles. The predicted octanol–water partition coefficient (Wildman–Crippen LogP) is 2.75. The molecule has 118 valence electrons. The molecule has 0 aliphatic rings. The van der Waals surface area contributed by atoms with Crippen molar-refractivity contribution in [1.82, 2.24) is 14.9 Å². The molecule has 0 atom stereocenters. The Hall–Kier alpha value is -2.31. The monoisotopic (exact) mass is 326 g/mol. The lowest BCUT2D eigenvalue weighted by molar-refractivity contribution is 0.282. The quantitative estimate of drug-likeness (QED) is 0.557. The lowest BCUT2D eigenvalue weighted by Gasteiger charge is -2.05. The van der Waals surface area contributed by atoms with Gasteiger partial charge in [0.2, 0.25) is 5.16 Å². The number of hydrogen-bond acceptors (Lipinski definition) is 5. The van der Waals surface area contributed by atoms with Crippen LogP contribution in [0.25, 0.3) is 11.4 Å². The average molecular weight is 326 g/mol. The molecule has 0 saturated heterocycles. The molecular formula is C17H18N4OS. The maximum Gasteiger partial charge on any atom is 0.210 e.